The Hall–Kier alpha value is -3.83. The number of rotatable bonds is 5. The second-order valence-electron chi connectivity index (χ2n) is 7.16. The van der Waals surface area contributed by atoms with Crippen molar-refractivity contribution in [3.05, 3.63) is 65.0 Å². The van der Waals surface area contributed by atoms with E-state index in [1.54, 1.807) is 18.2 Å². The summed E-state index contributed by atoms with van der Waals surface area (Å²) in [5.74, 6) is -1.02. The van der Waals surface area contributed by atoms with Crippen LogP contribution in [0.25, 0.3) is 11.0 Å². The molecule has 0 fully saturated rings. The molecule has 166 valence electrons. The first-order valence-corrected chi connectivity index (χ1v) is 9.46. The number of pyridine rings is 1. The van der Waals surface area contributed by atoms with Gasteiger partial charge in [0.15, 0.2) is 5.65 Å². The molecule has 1 N–H and O–H groups in total. The van der Waals surface area contributed by atoms with E-state index in [4.69, 9.17) is 0 Å². The summed E-state index contributed by atoms with van der Waals surface area (Å²) in [6.45, 7) is 2.59. The lowest BCUT2D eigenvalue weighted by molar-refractivity contribution is -0.136. The summed E-state index contributed by atoms with van der Waals surface area (Å²) < 4.78 is 56.5. The highest BCUT2D eigenvalue weighted by atomic mass is 19.4. The third-order valence-corrected chi connectivity index (χ3v) is 4.68. The van der Waals surface area contributed by atoms with Crippen LogP contribution in [0.3, 0.4) is 0 Å². The van der Waals surface area contributed by atoms with E-state index in [-0.39, 0.29) is 41.5 Å². The summed E-state index contributed by atoms with van der Waals surface area (Å²) in [5, 5.41) is 10.4. The molecule has 4 rings (SSSR count). The molecule has 0 aliphatic rings. The van der Waals surface area contributed by atoms with Crippen molar-refractivity contribution in [2.75, 3.05) is 5.32 Å². The van der Waals surface area contributed by atoms with Gasteiger partial charge in [-0.3, -0.25) is 10.1 Å². The van der Waals surface area contributed by atoms with Crippen molar-refractivity contribution in [3.8, 4) is 0 Å². The molecular weight excluding hydrogens is 430 g/mol. The molecule has 3 aromatic heterocycles. The zero-order valence-electron chi connectivity index (χ0n) is 17.0. The van der Waals surface area contributed by atoms with E-state index in [2.05, 4.69) is 25.5 Å². The number of benzene rings is 1. The highest BCUT2D eigenvalue weighted by molar-refractivity contribution is 5.90. The number of anilines is 1. The molecule has 0 aliphatic carbocycles. The van der Waals surface area contributed by atoms with Crippen LogP contribution in [-0.4, -0.2) is 35.4 Å². The van der Waals surface area contributed by atoms with E-state index in [1.807, 2.05) is 0 Å². The van der Waals surface area contributed by atoms with Gasteiger partial charge in [-0.05, 0) is 26.0 Å². The topological polar surface area (TPSA) is 90.5 Å². The van der Waals surface area contributed by atoms with E-state index in [0.717, 1.165) is 10.7 Å². The Morgan fingerprint density at radius 1 is 1.16 bits per heavy atom. The van der Waals surface area contributed by atoms with Crippen molar-refractivity contribution in [1.82, 2.24) is 29.5 Å². The number of hydrogen-bond acceptors (Lipinski definition) is 5. The van der Waals surface area contributed by atoms with E-state index in [9.17, 15) is 22.4 Å². The lowest BCUT2D eigenvalue weighted by Gasteiger charge is -2.10. The van der Waals surface area contributed by atoms with Crippen LogP contribution >= 0.6 is 0 Å². The molecule has 4 aromatic rings. The van der Waals surface area contributed by atoms with E-state index >= 15 is 0 Å². The molecule has 0 saturated heterocycles. The Morgan fingerprint density at radius 2 is 1.91 bits per heavy atom. The van der Waals surface area contributed by atoms with Gasteiger partial charge in [0.2, 0.25) is 11.9 Å². The molecule has 0 spiro atoms. The highest BCUT2D eigenvalue weighted by Crippen LogP contribution is 2.36. The van der Waals surface area contributed by atoms with Gasteiger partial charge in [0.05, 0.1) is 23.2 Å². The Kier molecular flexibility index (Phi) is 5.36. The number of nitrogens with zero attached hydrogens (tertiary/aromatic N) is 6. The maximum absolute atomic E-state index is 13.8. The number of alkyl halides is 3. The van der Waals surface area contributed by atoms with Crippen molar-refractivity contribution in [2.24, 2.45) is 0 Å². The summed E-state index contributed by atoms with van der Waals surface area (Å²) in [6.07, 6.45) is -3.25. The minimum absolute atomic E-state index is 0.0281. The molecule has 0 aliphatic heterocycles. The minimum Gasteiger partial charge on any atom is -0.292 e. The number of carbonyl (C=O) groups excluding carboxylic acids is 1. The van der Waals surface area contributed by atoms with E-state index < -0.39 is 23.5 Å². The first-order chi connectivity index (χ1) is 15.1. The zero-order valence-corrected chi connectivity index (χ0v) is 17.0. The van der Waals surface area contributed by atoms with Crippen LogP contribution in [-0.2, 0) is 24.1 Å². The van der Waals surface area contributed by atoms with Crippen LogP contribution in [0, 0.1) is 19.7 Å². The standard InChI is InChI=1S/C20H17F4N7O/c1-11-7-14(20(22,23)24)17-12(2)28-31(18(17)26-11)9-16(32)27-19-25-10-30(29-19)8-13-5-3-4-6-15(13)21/h3-7,10H,8-9H2,1-2H3,(H,27,29,32). The predicted octanol–water partition coefficient (Wildman–Crippen LogP) is 3.48. The van der Waals surface area contributed by atoms with Crippen LogP contribution in [0.1, 0.15) is 22.5 Å². The molecule has 32 heavy (non-hydrogen) atoms. The number of aromatic nitrogens is 6. The second kappa shape index (κ2) is 8.02. The summed E-state index contributed by atoms with van der Waals surface area (Å²) in [5.41, 5.74) is -0.226. The normalized spacial score (nSPS) is 11.8. The number of carbonyl (C=O) groups is 1. The highest BCUT2D eigenvalue weighted by Gasteiger charge is 2.35. The average molecular weight is 447 g/mol. The molecule has 0 atom stereocenters. The maximum Gasteiger partial charge on any atom is 0.417 e. The van der Waals surface area contributed by atoms with Crippen molar-refractivity contribution < 1.29 is 22.4 Å². The average Bonchev–Trinajstić information content (AvgIpc) is 3.26. The van der Waals surface area contributed by atoms with Crippen LogP contribution in [0.2, 0.25) is 0 Å². The lowest BCUT2D eigenvalue weighted by Crippen LogP contribution is -2.21. The van der Waals surface area contributed by atoms with Crippen LogP contribution in [0.4, 0.5) is 23.5 Å². The Morgan fingerprint density at radius 3 is 2.62 bits per heavy atom. The smallest absolute Gasteiger partial charge is 0.292 e. The fourth-order valence-corrected chi connectivity index (χ4v) is 3.34. The van der Waals surface area contributed by atoms with Gasteiger partial charge >= 0.3 is 6.18 Å². The molecule has 8 nitrogen and oxygen atoms in total. The van der Waals surface area contributed by atoms with Crippen molar-refractivity contribution >= 4 is 22.9 Å². The van der Waals surface area contributed by atoms with Gasteiger partial charge in [0.25, 0.3) is 0 Å². The fourth-order valence-electron chi connectivity index (χ4n) is 3.34. The molecule has 0 radical (unpaired) electrons. The van der Waals surface area contributed by atoms with Crippen molar-refractivity contribution in [2.45, 2.75) is 33.1 Å². The summed E-state index contributed by atoms with van der Waals surface area (Å²) in [6, 6.07) is 7.14. The number of aryl methyl sites for hydroxylation is 2. The third kappa shape index (κ3) is 4.29. The van der Waals surface area contributed by atoms with Crippen LogP contribution in [0.5, 0.6) is 0 Å². The number of amides is 1. The summed E-state index contributed by atoms with van der Waals surface area (Å²) in [4.78, 5) is 20.5. The minimum atomic E-state index is -4.58. The van der Waals surface area contributed by atoms with Crippen LogP contribution < -0.4 is 5.32 Å². The predicted molar refractivity (Wildman–Crippen MR) is 106 cm³/mol. The molecule has 1 amide bonds. The monoisotopic (exact) mass is 447 g/mol. The molecule has 0 bridgehead atoms. The quantitative estimate of drug-likeness (QED) is 0.473. The van der Waals surface area contributed by atoms with E-state index in [0.29, 0.717) is 5.56 Å². The first-order valence-electron chi connectivity index (χ1n) is 9.46. The van der Waals surface area contributed by atoms with Crippen molar-refractivity contribution in [1.29, 1.82) is 0 Å². The first kappa shape index (κ1) is 21.4. The van der Waals surface area contributed by atoms with Gasteiger partial charge in [-0.25, -0.2) is 23.7 Å². The number of fused-ring (bicyclic) bond motifs is 1. The zero-order chi connectivity index (χ0) is 23.0. The van der Waals surface area contributed by atoms with Gasteiger partial charge in [0.1, 0.15) is 18.7 Å². The largest absolute Gasteiger partial charge is 0.417 e. The van der Waals surface area contributed by atoms with Crippen LogP contribution in [0.15, 0.2) is 36.7 Å². The van der Waals surface area contributed by atoms with Crippen molar-refractivity contribution in [3.63, 3.8) is 0 Å². The molecule has 0 unspecified atom stereocenters. The number of halogens is 4. The Balaban J connectivity index is 1.52. The van der Waals surface area contributed by atoms with Gasteiger partial charge in [-0.2, -0.15) is 18.3 Å². The molecule has 12 heteroatoms. The maximum atomic E-state index is 13.8. The van der Waals surface area contributed by atoms with Gasteiger partial charge in [-0.1, -0.05) is 18.2 Å². The second-order valence-corrected chi connectivity index (χ2v) is 7.16. The number of hydrogen-bond donors (Lipinski definition) is 1. The summed E-state index contributed by atoms with van der Waals surface area (Å²) in [7, 11) is 0. The molecule has 1 aromatic carbocycles. The summed E-state index contributed by atoms with van der Waals surface area (Å²) >= 11 is 0. The van der Waals surface area contributed by atoms with Gasteiger partial charge in [-0.15, -0.1) is 5.10 Å². The van der Waals surface area contributed by atoms with E-state index in [1.165, 1.54) is 30.9 Å². The molecule has 3 heterocycles. The lowest BCUT2D eigenvalue weighted by atomic mass is 10.1. The fraction of sp³-hybridized carbons (Fsp3) is 0.250. The molecule has 0 saturated carbocycles. The third-order valence-electron chi connectivity index (χ3n) is 4.68. The van der Waals surface area contributed by atoms with Gasteiger partial charge < -0.3 is 0 Å². The SMILES string of the molecule is Cc1cc(C(F)(F)F)c2c(C)nn(CC(=O)Nc3ncn(Cc4ccccc4F)n3)c2n1. The van der Waals surface area contributed by atoms with Gasteiger partial charge in [0, 0.05) is 11.3 Å². The Labute approximate surface area is 178 Å². The number of nitrogens with one attached hydrogen (secondary N) is 1. The molecular formula is C20H17F4N7O. The Bertz CT molecular complexity index is 1310.